The van der Waals surface area contributed by atoms with Crippen molar-refractivity contribution >= 4 is 5.97 Å². The van der Waals surface area contributed by atoms with Crippen molar-refractivity contribution in [3.63, 3.8) is 0 Å². The highest BCUT2D eigenvalue weighted by Crippen LogP contribution is 2.67. The van der Waals surface area contributed by atoms with Gasteiger partial charge in [0.25, 0.3) is 5.92 Å². The molecule has 20 heavy (non-hydrogen) atoms. The molecule has 0 aromatic heterocycles. The van der Waals surface area contributed by atoms with Gasteiger partial charge in [-0.1, -0.05) is 12.2 Å². The number of alkyl halides is 5. The minimum Gasteiger partial charge on any atom is -0.459 e. The Morgan fingerprint density at radius 1 is 1.15 bits per heavy atom. The summed E-state index contributed by atoms with van der Waals surface area (Å²) in [5.41, 5.74) is -5.04. The van der Waals surface area contributed by atoms with Crippen LogP contribution in [0, 0.1) is 17.3 Å². The SMILES string of the molecule is CC(C)(C)OC(=O)C1(C(F)(F)F)C2C=CC(C2)C1(F)F. The Balaban J connectivity index is 2.54. The zero-order chi connectivity index (χ0) is 15.6. The fraction of sp³-hybridized carbons (Fsp3) is 0.769. The molecule has 114 valence electrons. The molecule has 0 saturated heterocycles. The smallest absolute Gasteiger partial charge is 0.411 e. The molecule has 0 aromatic carbocycles. The fourth-order valence-electron chi connectivity index (χ4n) is 2.99. The molecule has 1 fully saturated rings. The van der Waals surface area contributed by atoms with Crippen LogP contribution < -0.4 is 0 Å². The molecule has 0 aliphatic heterocycles. The van der Waals surface area contributed by atoms with Crippen molar-refractivity contribution in [3.8, 4) is 0 Å². The van der Waals surface area contributed by atoms with Crippen LogP contribution in [0.2, 0.25) is 0 Å². The number of halogens is 5. The van der Waals surface area contributed by atoms with E-state index in [2.05, 4.69) is 4.74 Å². The monoisotopic (exact) mass is 298 g/mol. The predicted molar refractivity (Wildman–Crippen MR) is 60.0 cm³/mol. The van der Waals surface area contributed by atoms with Gasteiger partial charge in [-0.2, -0.15) is 13.2 Å². The van der Waals surface area contributed by atoms with Crippen molar-refractivity contribution in [2.45, 2.75) is 44.9 Å². The summed E-state index contributed by atoms with van der Waals surface area (Å²) < 4.78 is 73.2. The van der Waals surface area contributed by atoms with Crippen molar-refractivity contribution in [2.75, 3.05) is 0 Å². The van der Waals surface area contributed by atoms with E-state index in [1.54, 1.807) is 0 Å². The van der Waals surface area contributed by atoms with Gasteiger partial charge in [-0.05, 0) is 27.2 Å². The second-order valence-electron chi connectivity index (χ2n) is 6.26. The number of esters is 1. The summed E-state index contributed by atoms with van der Waals surface area (Å²) in [6, 6.07) is 0. The Bertz CT molecular complexity index is 460. The molecule has 0 aromatic rings. The maximum Gasteiger partial charge on any atom is 0.411 e. The van der Waals surface area contributed by atoms with Crippen LogP contribution in [0.1, 0.15) is 27.2 Å². The number of carbonyl (C=O) groups is 1. The van der Waals surface area contributed by atoms with E-state index < -0.39 is 40.9 Å². The molecule has 0 spiro atoms. The van der Waals surface area contributed by atoms with Gasteiger partial charge in [-0.3, -0.25) is 4.79 Å². The summed E-state index contributed by atoms with van der Waals surface area (Å²) in [4.78, 5) is 12.0. The first-order chi connectivity index (χ1) is 8.84. The summed E-state index contributed by atoms with van der Waals surface area (Å²) in [5, 5.41) is 0. The first-order valence-corrected chi connectivity index (χ1v) is 6.20. The number of hydrogen-bond acceptors (Lipinski definition) is 2. The van der Waals surface area contributed by atoms with Crippen LogP contribution in [0.25, 0.3) is 0 Å². The van der Waals surface area contributed by atoms with Crippen LogP contribution in [0.5, 0.6) is 0 Å². The van der Waals surface area contributed by atoms with Crippen LogP contribution in [0.4, 0.5) is 22.0 Å². The molecule has 2 bridgehead atoms. The molecule has 2 rings (SSSR count). The molecule has 2 aliphatic rings. The van der Waals surface area contributed by atoms with Gasteiger partial charge in [0.2, 0.25) is 5.41 Å². The minimum absolute atomic E-state index is 0.383. The van der Waals surface area contributed by atoms with E-state index >= 15 is 0 Å². The number of carbonyl (C=O) groups excluding carboxylic acids is 1. The van der Waals surface area contributed by atoms with Gasteiger partial charge in [0.1, 0.15) is 5.60 Å². The number of hydrogen-bond donors (Lipinski definition) is 0. The van der Waals surface area contributed by atoms with E-state index in [0.29, 0.717) is 0 Å². The average molecular weight is 298 g/mol. The topological polar surface area (TPSA) is 26.3 Å². The number of ether oxygens (including phenoxy) is 1. The Labute approximate surface area is 113 Å². The van der Waals surface area contributed by atoms with Gasteiger partial charge < -0.3 is 4.74 Å². The third-order valence-corrected chi connectivity index (χ3v) is 3.80. The van der Waals surface area contributed by atoms with Crippen molar-refractivity contribution < 1.29 is 31.5 Å². The van der Waals surface area contributed by atoms with Crippen LogP contribution >= 0.6 is 0 Å². The molecule has 7 heteroatoms. The third kappa shape index (κ3) is 1.78. The Kier molecular flexibility index (Phi) is 3.01. The van der Waals surface area contributed by atoms with Crippen LogP contribution in [-0.4, -0.2) is 23.7 Å². The fourth-order valence-corrected chi connectivity index (χ4v) is 2.99. The second kappa shape index (κ2) is 3.95. The highest BCUT2D eigenvalue weighted by molar-refractivity contribution is 5.82. The quantitative estimate of drug-likeness (QED) is 0.419. The molecule has 0 radical (unpaired) electrons. The molecule has 0 heterocycles. The van der Waals surface area contributed by atoms with E-state index in [9.17, 15) is 26.7 Å². The van der Waals surface area contributed by atoms with Crippen molar-refractivity contribution in [1.82, 2.24) is 0 Å². The van der Waals surface area contributed by atoms with Crippen LogP contribution in [0.3, 0.4) is 0 Å². The summed E-state index contributed by atoms with van der Waals surface area (Å²) in [5.74, 6) is -9.22. The third-order valence-electron chi connectivity index (χ3n) is 3.80. The Morgan fingerprint density at radius 3 is 2.00 bits per heavy atom. The average Bonchev–Trinajstić information content (AvgIpc) is 2.68. The van der Waals surface area contributed by atoms with Gasteiger partial charge >= 0.3 is 12.1 Å². The molecular weight excluding hydrogens is 283 g/mol. The summed E-state index contributed by atoms with van der Waals surface area (Å²) in [6.07, 6.45) is -3.65. The zero-order valence-corrected chi connectivity index (χ0v) is 11.2. The number of rotatable bonds is 1. The second-order valence-corrected chi connectivity index (χ2v) is 6.26. The highest BCUT2D eigenvalue weighted by atomic mass is 19.4. The van der Waals surface area contributed by atoms with Crippen molar-refractivity contribution in [3.05, 3.63) is 12.2 Å². The van der Waals surface area contributed by atoms with Crippen LogP contribution in [0.15, 0.2) is 12.2 Å². The lowest BCUT2D eigenvalue weighted by molar-refractivity contribution is -0.302. The maximum absolute atomic E-state index is 14.2. The molecule has 0 amide bonds. The van der Waals surface area contributed by atoms with E-state index in [1.165, 1.54) is 20.8 Å². The minimum atomic E-state index is -5.37. The Hall–Kier alpha value is -1.14. The molecule has 3 atom stereocenters. The molecular formula is C13H15F5O2. The van der Waals surface area contributed by atoms with E-state index in [0.717, 1.165) is 12.2 Å². The highest BCUT2D eigenvalue weighted by Gasteiger charge is 2.84. The van der Waals surface area contributed by atoms with Gasteiger partial charge in [-0.15, -0.1) is 0 Å². The number of fused-ring (bicyclic) bond motifs is 2. The van der Waals surface area contributed by atoms with Gasteiger partial charge in [0, 0.05) is 11.8 Å². The summed E-state index contributed by atoms with van der Waals surface area (Å²) in [7, 11) is 0. The van der Waals surface area contributed by atoms with E-state index in [4.69, 9.17) is 0 Å². The maximum atomic E-state index is 14.2. The molecule has 3 unspecified atom stereocenters. The normalized spacial score (nSPS) is 35.4. The lowest BCUT2D eigenvalue weighted by Gasteiger charge is -2.41. The standard InChI is InChI=1S/C13H15F5O2/c1-10(2,3)20-9(19)11(13(16,17)18)7-4-5-8(6-7)12(11,14)15/h4-5,7-8H,6H2,1-3H3. The summed E-state index contributed by atoms with van der Waals surface area (Å²) >= 11 is 0. The largest absolute Gasteiger partial charge is 0.459 e. The lowest BCUT2D eigenvalue weighted by atomic mass is 9.72. The van der Waals surface area contributed by atoms with Crippen molar-refractivity contribution in [1.29, 1.82) is 0 Å². The van der Waals surface area contributed by atoms with Crippen molar-refractivity contribution in [2.24, 2.45) is 17.3 Å². The molecule has 0 N–H and O–H groups in total. The Morgan fingerprint density at radius 2 is 1.65 bits per heavy atom. The van der Waals surface area contributed by atoms with Gasteiger partial charge in [0.05, 0.1) is 0 Å². The van der Waals surface area contributed by atoms with Gasteiger partial charge in [0.15, 0.2) is 0 Å². The van der Waals surface area contributed by atoms with Gasteiger partial charge in [-0.25, -0.2) is 8.78 Å². The molecule has 2 aliphatic carbocycles. The predicted octanol–water partition coefficient (Wildman–Crippen LogP) is 3.72. The first-order valence-electron chi connectivity index (χ1n) is 6.20. The van der Waals surface area contributed by atoms with E-state index in [1.807, 2.05) is 0 Å². The molecule has 2 nitrogen and oxygen atoms in total. The molecule has 1 saturated carbocycles. The summed E-state index contributed by atoms with van der Waals surface area (Å²) in [6.45, 7) is 4.03. The number of allylic oxidation sites excluding steroid dienone is 2. The first kappa shape index (κ1) is 15.3. The zero-order valence-electron chi connectivity index (χ0n) is 11.2. The lowest BCUT2D eigenvalue weighted by Crippen LogP contribution is -2.61. The van der Waals surface area contributed by atoms with E-state index in [-0.39, 0.29) is 6.42 Å². The van der Waals surface area contributed by atoms with Crippen LogP contribution in [-0.2, 0) is 9.53 Å².